The van der Waals surface area contributed by atoms with Gasteiger partial charge in [0, 0.05) is 34.9 Å². The van der Waals surface area contributed by atoms with Crippen LogP contribution in [0.15, 0.2) is 94.2 Å². The number of nitrogens with zero attached hydrogens (tertiary/aromatic N) is 3. The summed E-state index contributed by atoms with van der Waals surface area (Å²) in [6, 6.07) is 20.0. The Labute approximate surface area is 196 Å². The van der Waals surface area contributed by atoms with Crippen molar-refractivity contribution in [2.24, 2.45) is 0 Å². The lowest BCUT2D eigenvalue weighted by Crippen LogP contribution is -2.16. The lowest BCUT2D eigenvalue weighted by atomic mass is 10.2. The van der Waals surface area contributed by atoms with Crippen LogP contribution in [0.25, 0.3) is 0 Å². The number of carbonyl (C=O) groups is 1. The maximum atomic E-state index is 13.1. The molecule has 0 atom stereocenters. The van der Waals surface area contributed by atoms with E-state index in [0.717, 1.165) is 10.6 Å². The minimum Gasteiger partial charge on any atom is -0.321 e. The summed E-state index contributed by atoms with van der Waals surface area (Å²) < 4.78 is 0. The number of carbonyl (C=O) groups excluding carboxylic acids is 1. The van der Waals surface area contributed by atoms with E-state index in [2.05, 4.69) is 51.5 Å². The molecule has 0 aliphatic carbocycles. The second-order valence-electron chi connectivity index (χ2n) is 7.24. The Morgan fingerprint density at radius 2 is 1.56 bits per heavy atom. The van der Waals surface area contributed by atoms with Crippen molar-refractivity contribution >= 4 is 35.1 Å². The van der Waals surface area contributed by atoms with Gasteiger partial charge in [-0.05, 0) is 43.7 Å². The topological polar surface area (TPSA) is 67.8 Å². The van der Waals surface area contributed by atoms with Crippen LogP contribution in [-0.4, -0.2) is 20.9 Å². The van der Waals surface area contributed by atoms with E-state index in [1.165, 1.54) is 40.2 Å². The van der Waals surface area contributed by atoms with Crippen LogP contribution < -0.4 is 5.32 Å². The second-order valence-corrected chi connectivity index (χ2v) is 9.30. The number of rotatable bonds is 7. The molecule has 4 aromatic rings. The first-order valence-electron chi connectivity index (χ1n) is 10.1. The van der Waals surface area contributed by atoms with Crippen LogP contribution in [0.5, 0.6) is 0 Å². The van der Waals surface area contributed by atoms with Crippen molar-refractivity contribution in [2.75, 3.05) is 5.32 Å². The molecular weight excluding hydrogens is 436 g/mol. The van der Waals surface area contributed by atoms with Crippen molar-refractivity contribution in [1.29, 1.82) is 0 Å². The Morgan fingerprint density at radius 1 is 0.906 bits per heavy atom. The van der Waals surface area contributed by atoms with E-state index < -0.39 is 0 Å². The predicted octanol–water partition coefficient (Wildman–Crippen LogP) is 6.18. The maximum Gasteiger partial charge on any atom is 0.275 e. The number of benzene rings is 2. The molecule has 0 bridgehead atoms. The third-order valence-corrected chi connectivity index (χ3v) is 6.58. The molecule has 4 rings (SSSR count). The molecule has 0 saturated heterocycles. The van der Waals surface area contributed by atoms with Crippen LogP contribution in [0.1, 0.15) is 27.2 Å². The van der Waals surface area contributed by atoms with Gasteiger partial charge < -0.3 is 5.32 Å². The van der Waals surface area contributed by atoms with Crippen LogP contribution >= 0.6 is 23.5 Å². The summed E-state index contributed by atoms with van der Waals surface area (Å²) in [7, 11) is 0. The monoisotopic (exact) mass is 458 g/mol. The first kappa shape index (κ1) is 22.0. The number of aryl methyl sites for hydroxylation is 2. The highest BCUT2D eigenvalue weighted by molar-refractivity contribution is 7.99. The second kappa shape index (κ2) is 10.4. The van der Waals surface area contributed by atoms with Gasteiger partial charge in [-0.15, -0.1) is 0 Å². The molecular formula is C25H22N4OS2. The van der Waals surface area contributed by atoms with E-state index in [4.69, 9.17) is 0 Å². The largest absolute Gasteiger partial charge is 0.321 e. The predicted molar refractivity (Wildman–Crippen MR) is 130 cm³/mol. The number of nitrogens with one attached hydrogen (secondary N) is 1. The SMILES string of the molecule is Cc1ccc(CSc2ncc(Sc3ccc(C)cc3)c(C(=O)Nc3ccncc3)n2)cc1. The number of amides is 1. The van der Waals surface area contributed by atoms with Crippen LogP contribution in [0.2, 0.25) is 0 Å². The molecule has 0 unspecified atom stereocenters. The van der Waals surface area contributed by atoms with E-state index >= 15 is 0 Å². The maximum absolute atomic E-state index is 13.1. The zero-order chi connectivity index (χ0) is 22.3. The molecule has 0 aliphatic rings. The minimum absolute atomic E-state index is 0.273. The number of hydrogen-bond donors (Lipinski definition) is 1. The molecule has 0 saturated carbocycles. The standard InChI is InChI=1S/C25H22N4OS2/c1-17-3-7-19(8-4-17)16-31-25-27-15-22(32-21-9-5-18(2)6-10-21)23(29-25)24(30)28-20-11-13-26-14-12-20/h3-15H,16H2,1-2H3,(H,26,28,30). The normalized spacial score (nSPS) is 10.7. The molecule has 0 radical (unpaired) electrons. The first-order valence-corrected chi connectivity index (χ1v) is 11.9. The van der Waals surface area contributed by atoms with Crippen molar-refractivity contribution in [3.63, 3.8) is 0 Å². The van der Waals surface area contributed by atoms with Gasteiger partial charge in [-0.2, -0.15) is 0 Å². The highest BCUT2D eigenvalue weighted by Gasteiger charge is 2.17. The zero-order valence-corrected chi connectivity index (χ0v) is 19.4. The third kappa shape index (κ3) is 5.96. The van der Waals surface area contributed by atoms with E-state index in [1.807, 2.05) is 31.2 Å². The fraction of sp³-hybridized carbons (Fsp3) is 0.120. The summed E-state index contributed by atoms with van der Waals surface area (Å²) in [4.78, 5) is 28.0. The van der Waals surface area contributed by atoms with Gasteiger partial charge in [0.05, 0.1) is 4.90 Å². The van der Waals surface area contributed by atoms with Crippen molar-refractivity contribution in [2.45, 2.75) is 34.5 Å². The number of anilines is 1. The van der Waals surface area contributed by atoms with Gasteiger partial charge in [0.15, 0.2) is 5.16 Å². The molecule has 2 heterocycles. The van der Waals surface area contributed by atoms with E-state index in [-0.39, 0.29) is 5.91 Å². The Hall–Kier alpha value is -3.16. The molecule has 0 spiro atoms. The Morgan fingerprint density at radius 3 is 2.25 bits per heavy atom. The van der Waals surface area contributed by atoms with Crippen LogP contribution in [0.4, 0.5) is 5.69 Å². The van der Waals surface area contributed by atoms with E-state index in [1.54, 1.807) is 30.7 Å². The van der Waals surface area contributed by atoms with Gasteiger partial charge in [0.2, 0.25) is 0 Å². The van der Waals surface area contributed by atoms with Crippen molar-refractivity contribution < 1.29 is 4.79 Å². The average Bonchev–Trinajstić information content (AvgIpc) is 2.81. The van der Waals surface area contributed by atoms with Gasteiger partial charge in [-0.25, -0.2) is 9.97 Å². The van der Waals surface area contributed by atoms with Gasteiger partial charge in [0.25, 0.3) is 5.91 Å². The average molecular weight is 459 g/mol. The Bertz CT molecular complexity index is 1200. The summed E-state index contributed by atoms with van der Waals surface area (Å²) in [6.07, 6.45) is 5.01. The Balaban J connectivity index is 1.58. The van der Waals surface area contributed by atoms with Gasteiger partial charge in [-0.3, -0.25) is 9.78 Å². The Kier molecular flexibility index (Phi) is 7.19. The first-order chi connectivity index (χ1) is 15.6. The van der Waals surface area contributed by atoms with E-state index in [9.17, 15) is 4.79 Å². The molecule has 1 N–H and O–H groups in total. The molecule has 1 amide bonds. The molecule has 2 aromatic heterocycles. The van der Waals surface area contributed by atoms with Gasteiger partial charge in [-0.1, -0.05) is 71.0 Å². The quantitative estimate of drug-likeness (QED) is 0.263. The molecule has 2 aromatic carbocycles. The highest BCUT2D eigenvalue weighted by Crippen LogP contribution is 2.31. The third-order valence-electron chi connectivity index (χ3n) is 4.62. The fourth-order valence-electron chi connectivity index (χ4n) is 2.85. The molecule has 7 heteroatoms. The number of hydrogen-bond acceptors (Lipinski definition) is 6. The zero-order valence-electron chi connectivity index (χ0n) is 17.8. The van der Waals surface area contributed by atoms with E-state index in [0.29, 0.717) is 21.4 Å². The van der Waals surface area contributed by atoms with Crippen molar-refractivity contribution in [3.05, 3.63) is 102 Å². The number of aromatic nitrogens is 3. The number of thioether (sulfide) groups is 1. The van der Waals surface area contributed by atoms with Crippen LogP contribution in [0.3, 0.4) is 0 Å². The van der Waals surface area contributed by atoms with Gasteiger partial charge in [0.1, 0.15) is 5.69 Å². The number of pyridine rings is 1. The van der Waals surface area contributed by atoms with Crippen LogP contribution in [-0.2, 0) is 5.75 Å². The molecule has 32 heavy (non-hydrogen) atoms. The van der Waals surface area contributed by atoms with Crippen LogP contribution in [0, 0.1) is 13.8 Å². The minimum atomic E-state index is -0.273. The lowest BCUT2D eigenvalue weighted by molar-refractivity contribution is 0.101. The molecule has 0 aliphatic heterocycles. The molecule has 5 nitrogen and oxygen atoms in total. The van der Waals surface area contributed by atoms with Gasteiger partial charge >= 0.3 is 0 Å². The van der Waals surface area contributed by atoms with Crippen molar-refractivity contribution in [3.8, 4) is 0 Å². The highest BCUT2D eigenvalue weighted by atomic mass is 32.2. The summed E-state index contributed by atoms with van der Waals surface area (Å²) in [5.41, 5.74) is 4.62. The van der Waals surface area contributed by atoms with Crippen molar-refractivity contribution in [1.82, 2.24) is 15.0 Å². The summed E-state index contributed by atoms with van der Waals surface area (Å²) in [5, 5.41) is 3.48. The molecule has 160 valence electrons. The fourth-order valence-corrected chi connectivity index (χ4v) is 4.49. The lowest BCUT2D eigenvalue weighted by Gasteiger charge is -2.11. The summed E-state index contributed by atoms with van der Waals surface area (Å²) in [6.45, 7) is 4.11. The smallest absolute Gasteiger partial charge is 0.275 e. The molecule has 0 fully saturated rings. The summed E-state index contributed by atoms with van der Waals surface area (Å²) in [5.74, 6) is 0.460. The summed E-state index contributed by atoms with van der Waals surface area (Å²) >= 11 is 2.99.